The molecular weight excluding hydrogens is 324 g/mol. The summed E-state index contributed by atoms with van der Waals surface area (Å²) < 4.78 is 5.31. The maximum absolute atomic E-state index is 12.9. The SMILES string of the molecule is O=C(c1cccc2c1C(=O)N(Cc1cccs1)C2)N1CCOCC1. The van der Waals surface area contributed by atoms with E-state index in [1.54, 1.807) is 22.3 Å². The van der Waals surface area contributed by atoms with E-state index in [-0.39, 0.29) is 11.8 Å². The number of benzene rings is 1. The number of hydrogen-bond acceptors (Lipinski definition) is 4. The predicted molar refractivity (Wildman–Crippen MR) is 91.1 cm³/mol. The summed E-state index contributed by atoms with van der Waals surface area (Å²) in [5.41, 5.74) is 2.04. The third-order valence-electron chi connectivity index (χ3n) is 4.47. The van der Waals surface area contributed by atoms with Gasteiger partial charge in [-0.1, -0.05) is 18.2 Å². The van der Waals surface area contributed by atoms with E-state index in [0.29, 0.717) is 50.5 Å². The van der Waals surface area contributed by atoms with Crippen molar-refractivity contribution in [2.24, 2.45) is 0 Å². The summed E-state index contributed by atoms with van der Waals surface area (Å²) in [5, 5.41) is 2.01. The van der Waals surface area contributed by atoms with E-state index >= 15 is 0 Å². The van der Waals surface area contributed by atoms with E-state index < -0.39 is 0 Å². The van der Waals surface area contributed by atoms with Gasteiger partial charge >= 0.3 is 0 Å². The lowest BCUT2D eigenvalue weighted by Gasteiger charge is -2.27. The summed E-state index contributed by atoms with van der Waals surface area (Å²) in [6, 6.07) is 9.59. The van der Waals surface area contributed by atoms with E-state index in [1.165, 1.54) is 0 Å². The van der Waals surface area contributed by atoms with Crippen molar-refractivity contribution in [3.63, 3.8) is 0 Å². The minimum atomic E-state index is -0.0681. The first kappa shape index (κ1) is 15.4. The Labute approximate surface area is 144 Å². The fourth-order valence-electron chi connectivity index (χ4n) is 3.25. The molecule has 2 amide bonds. The molecule has 2 aliphatic rings. The standard InChI is InChI=1S/C18H18N2O3S/c21-17(19-6-8-23-9-7-19)15-5-1-3-13-11-20(18(22)16(13)15)12-14-4-2-10-24-14/h1-5,10H,6-9,11-12H2. The van der Waals surface area contributed by atoms with Crippen LogP contribution in [0.4, 0.5) is 0 Å². The number of carbonyl (C=O) groups excluding carboxylic acids is 2. The Kier molecular flexibility index (Phi) is 4.08. The maximum Gasteiger partial charge on any atom is 0.255 e. The molecule has 124 valence electrons. The number of hydrogen-bond donors (Lipinski definition) is 0. The van der Waals surface area contributed by atoms with Gasteiger partial charge in [0.1, 0.15) is 0 Å². The van der Waals surface area contributed by atoms with Gasteiger partial charge in [0.05, 0.1) is 30.9 Å². The smallest absolute Gasteiger partial charge is 0.255 e. The number of amides is 2. The molecule has 1 aromatic carbocycles. The van der Waals surface area contributed by atoms with Crippen LogP contribution >= 0.6 is 11.3 Å². The topological polar surface area (TPSA) is 49.9 Å². The lowest BCUT2D eigenvalue weighted by Crippen LogP contribution is -2.41. The normalized spacial score (nSPS) is 17.2. The van der Waals surface area contributed by atoms with Crippen molar-refractivity contribution >= 4 is 23.2 Å². The zero-order valence-corrected chi connectivity index (χ0v) is 14.1. The van der Waals surface area contributed by atoms with Gasteiger partial charge in [-0.25, -0.2) is 0 Å². The van der Waals surface area contributed by atoms with Crippen molar-refractivity contribution in [1.82, 2.24) is 9.80 Å². The van der Waals surface area contributed by atoms with Gasteiger partial charge in [-0.15, -0.1) is 11.3 Å². The van der Waals surface area contributed by atoms with E-state index in [2.05, 4.69) is 0 Å². The fraction of sp³-hybridized carbons (Fsp3) is 0.333. The molecule has 2 aliphatic heterocycles. The molecule has 5 nitrogen and oxygen atoms in total. The Balaban J connectivity index is 1.61. The molecule has 0 bridgehead atoms. The van der Waals surface area contributed by atoms with Crippen LogP contribution < -0.4 is 0 Å². The first-order chi connectivity index (χ1) is 11.7. The monoisotopic (exact) mass is 342 g/mol. The van der Waals surface area contributed by atoms with Gasteiger partial charge in [0.25, 0.3) is 11.8 Å². The van der Waals surface area contributed by atoms with Crippen molar-refractivity contribution in [2.45, 2.75) is 13.1 Å². The molecule has 4 rings (SSSR count). The lowest BCUT2D eigenvalue weighted by atomic mass is 10.0. The van der Waals surface area contributed by atoms with Crippen LogP contribution in [0.1, 0.15) is 31.2 Å². The summed E-state index contributed by atoms with van der Waals surface area (Å²) >= 11 is 1.64. The van der Waals surface area contributed by atoms with E-state index in [9.17, 15) is 9.59 Å². The van der Waals surface area contributed by atoms with Gasteiger partial charge in [-0.3, -0.25) is 9.59 Å². The molecule has 2 aromatic rings. The zero-order valence-electron chi connectivity index (χ0n) is 13.2. The molecule has 0 radical (unpaired) electrons. The molecule has 1 fully saturated rings. The minimum absolute atomic E-state index is 0.0457. The Bertz CT molecular complexity index is 767. The Morgan fingerprint density at radius 3 is 2.75 bits per heavy atom. The number of nitrogens with zero attached hydrogens (tertiary/aromatic N) is 2. The molecule has 0 aliphatic carbocycles. The van der Waals surface area contributed by atoms with Crippen molar-refractivity contribution in [3.05, 3.63) is 57.3 Å². The minimum Gasteiger partial charge on any atom is -0.378 e. The highest BCUT2D eigenvalue weighted by molar-refractivity contribution is 7.09. The second-order valence-electron chi connectivity index (χ2n) is 5.98. The predicted octanol–water partition coefficient (Wildman–Crippen LogP) is 2.38. The number of fused-ring (bicyclic) bond motifs is 1. The van der Waals surface area contributed by atoms with Crippen LogP contribution in [0.5, 0.6) is 0 Å². The third-order valence-corrected chi connectivity index (χ3v) is 5.33. The van der Waals surface area contributed by atoms with E-state index in [1.807, 2.05) is 34.5 Å². The van der Waals surface area contributed by atoms with Crippen LogP contribution in [0.15, 0.2) is 35.7 Å². The van der Waals surface area contributed by atoms with Crippen LogP contribution in [0.25, 0.3) is 0 Å². The second-order valence-corrected chi connectivity index (χ2v) is 7.02. The molecular formula is C18H18N2O3S. The third kappa shape index (κ3) is 2.72. The van der Waals surface area contributed by atoms with Gasteiger partial charge in [-0.05, 0) is 23.1 Å². The summed E-state index contributed by atoms with van der Waals surface area (Å²) in [4.78, 5) is 30.4. The van der Waals surface area contributed by atoms with Crippen LogP contribution in [0.2, 0.25) is 0 Å². The summed E-state index contributed by atoms with van der Waals surface area (Å²) in [5.74, 6) is -0.114. The average molecular weight is 342 g/mol. The largest absolute Gasteiger partial charge is 0.378 e. The van der Waals surface area contributed by atoms with Crippen LogP contribution in [-0.2, 0) is 17.8 Å². The molecule has 6 heteroatoms. The van der Waals surface area contributed by atoms with Crippen molar-refractivity contribution in [1.29, 1.82) is 0 Å². The Hall–Kier alpha value is -2.18. The summed E-state index contributed by atoms with van der Waals surface area (Å²) in [6.07, 6.45) is 0. The molecule has 0 N–H and O–H groups in total. The van der Waals surface area contributed by atoms with Gasteiger partial charge in [-0.2, -0.15) is 0 Å². The Morgan fingerprint density at radius 1 is 1.17 bits per heavy atom. The van der Waals surface area contributed by atoms with E-state index in [0.717, 1.165) is 10.4 Å². The fourth-order valence-corrected chi connectivity index (χ4v) is 3.97. The quantitative estimate of drug-likeness (QED) is 0.860. The molecule has 0 saturated carbocycles. The van der Waals surface area contributed by atoms with Gasteiger partial charge in [0.2, 0.25) is 0 Å². The number of morpholine rings is 1. The molecule has 1 aromatic heterocycles. The Morgan fingerprint density at radius 2 is 2.00 bits per heavy atom. The molecule has 3 heterocycles. The molecule has 24 heavy (non-hydrogen) atoms. The summed E-state index contributed by atoms with van der Waals surface area (Å²) in [7, 11) is 0. The van der Waals surface area contributed by atoms with Gasteiger partial charge in [0, 0.05) is 24.5 Å². The van der Waals surface area contributed by atoms with Crippen LogP contribution in [0.3, 0.4) is 0 Å². The van der Waals surface area contributed by atoms with Gasteiger partial charge in [0.15, 0.2) is 0 Å². The summed E-state index contributed by atoms with van der Waals surface area (Å²) in [6.45, 7) is 3.43. The highest BCUT2D eigenvalue weighted by Gasteiger charge is 2.33. The number of carbonyl (C=O) groups is 2. The van der Waals surface area contributed by atoms with Crippen molar-refractivity contribution in [3.8, 4) is 0 Å². The number of ether oxygens (including phenoxy) is 1. The zero-order chi connectivity index (χ0) is 16.5. The lowest BCUT2D eigenvalue weighted by molar-refractivity contribution is 0.0301. The molecule has 0 spiro atoms. The van der Waals surface area contributed by atoms with Gasteiger partial charge < -0.3 is 14.5 Å². The number of rotatable bonds is 3. The van der Waals surface area contributed by atoms with E-state index in [4.69, 9.17) is 4.74 Å². The van der Waals surface area contributed by atoms with Crippen molar-refractivity contribution < 1.29 is 14.3 Å². The molecule has 0 atom stereocenters. The maximum atomic E-state index is 12.9. The van der Waals surface area contributed by atoms with Crippen molar-refractivity contribution in [2.75, 3.05) is 26.3 Å². The average Bonchev–Trinajstić information content (AvgIpc) is 3.24. The highest BCUT2D eigenvalue weighted by Crippen LogP contribution is 2.29. The highest BCUT2D eigenvalue weighted by atomic mass is 32.1. The molecule has 1 saturated heterocycles. The van der Waals surface area contributed by atoms with Crippen LogP contribution in [0, 0.1) is 0 Å². The second kappa shape index (κ2) is 6.37. The first-order valence-electron chi connectivity index (χ1n) is 8.04. The molecule has 0 unspecified atom stereocenters. The van der Waals surface area contributed by atoms with Crippen LogP contribution in [-0.4, -0.2) is 47.9 Å². The number of thiophene rings is 1. The first-order valence-corrected chi connectivity index (χ1v) is 8.92.